The maximum absolute atomic E-state index is 13.5. The molecule has 1 aliphatic rings. The van der Waals surface area contributed by atoms with Gasteiger partial charge in [-0.05, 0) is 62.6 Å². The molecule has 1 fully saturated rings. The van der Waals surface area contributed by atoms with Crippen molar-refractivity contribution in [1.29, 1.82) is 0 Å². The topological polar surface area (TPSA) is 57.2 Å². The third-order valence-electron chi connectivity index (χ3n) is 7.38. The lowest BCUT2D eigenvalue weighted by molar-refractivity contribution is -0.137. The van der Waals surface area contributed by atoms with Crippen molar-refractivity contribution >= 4 is 17.3 Å². The van der Waals surface area contributed by atoms with Gasteiger partial charge in [0.15, 0.2) is 0 Å². The highest BCUT2D eigenvalue weighted by molar-refractivity contribution is 5.61. The maximum atomic E-state index is 13.5. The van der Waals surface area contributed by atoms with Crippen molar-refractivity contribution in [2.24, 2.45) is 0 Å². The molecule has 3 heterocycles. The Hall–Kier alpha value is -4.05. The zero-order valence-corrected chi connectivity index (χ0v) is 22.9. The van der Waals surface area contributed by atoms with E-state index in [1.807, 2.05) is 24.3 Å². The van der Waals surface area contributed by atoms with E-state index in [-0.39, 0.29) is 6.04 Å². The van der Waals surface area contributed by atoms with E-state index in [4.69, 9.17) is 4.98 Å². The number of halogens is 4. The van der Waals surface area contributed by atoms with Gasteiger partial charge in [0.25, 0.3) is 0 Å². The van der Waals surface area contributed by atoms with Crippen molar-refractivity contribution < 1.29 is 17.6 Å². The number of piperidine rings is 1. The largest absolute Gasteiger partial charge is 0.416 e. The van der Waals surface area contributed by atoms with Gasteiger partial charge in [0, 0.05) is 55.2 Å². The average Bonchev–Trinajstić information content (AvgIpc) is 2.96. The third kappa shape index (κ3) is 7.18. The number of nitrogens with one attached hydrogen (secondary N) is 1. The second kappa shape index (κ2) is 12.2. The highest BCUT2D eigenvalue weighted by Crippen LogP contribution is 2.31. The van der Waals surface area contributed by atoms with Crippen LogP contribution >= 0.6 is 0 Å². The first-order valence-corrected chi connectivity index (χ1v) is 13.6. The van der Waals surface area contributed by atoms with Crippen LogP contribution in [0.3, 0.4) is 0 Å². The molecule has 41 heavy (non-hydrogen) atoms. The van der Waals surface area contributed by atoms with Gasteiger partial charge in [-0.3, -0.25) is 4.98 Å². The first-order valence-electron chi connectivity index (χ1n) is 13.6. The van der Waals surface area contributed by atoms with Crippen LogP contribution in [-0.2, 0) is 12.7 Å². The van der Waals surface area contributed by atoms with Gasteiger partial charge in [-0.25, -0.2) is 14.4 Å². The summed E-state index contributed by atoms with van der Waals surface area (Å²) in [7, 11) is 0. The Labute approximate surface area is 237 Å². The Kier molecular flexibility index (Phi) is 8.49. The molecule has 214 valence electrons. The monoisotopic (exact) mass is 564 g/mol. The number of nitrogens with zero attached hydrogens (tertiary/aromatic N) is 5. The molecule has 6 nitrogen and oxygen atoms in total. The molecule has 1 N–H and O–H groups in total. The smallest absolute Gasteiger partial charge is 0.354 e. The van der Waals surface area contributed by atoms with Crippen LogP contribution in [0, 0.1) is 5.82 Å². The summed E-state index contributed by atoms with van der Waals surface area (Å²) in [6.07, 6.45) is 1.87. The van der Waals surface area contributed by atoms with Gasteiger partial charge in [-0.15, -0.1) is 0 Å². The molecular weight excluding hydrogens is 532 g/mol. The molecule has 0 saturated carbocycles. The van der Waals surface area contributed by atoms with Crippen molar-refractivity contribution in [2.45, 2.75) is 51.5 Å². The van der Waals surface area contributed by atoms with E-state index in [9.17, 15) is 17.6 Å². The lowest BCUT2D eigenvalue weighted by atomic mass is 10.0. The van der Waals surface area contributed by atoms with Crippen LogP contribution in [0.15, 0.2) is 79.3 Å². The van der Waals surface area contributed by atoms with Crippen molar-refractivity contribution in [3.05, 3.63) is 96.2 Å². The zero-order chi connectivity index (χ0) is 29.0. The Morgan fingerprint density at radius 1 is 0.951 bits per heavy atom. The lowest BCUT2D eigenvalue weighted by Crippen LogP contribution is -2.47. The summed E-state index contributed by atoms with van der Waals surface area (Å²) in [4.78, 5) is 17.9. The molecule has 0 bridgehead atoms. The summed E-state index contributed by atoms with van der Waals surface area (Å²) in [5.41, 5.74) is 2.88. The number of aromatic nitrogens is 3. The molecule has 0 atom stereocenters. The summed E-state index contributed by atoms with van der Waals surface area (Å²) in [6.45, 7) is 6.88. The van der Waals surface area contributed by atoms with E-state index in [1.165, 1.54) is 18.2 Å². The second-order valence-electron chi connectivity index (χ2n) is 10.5. The summed E-state index contributed by atoms with van der Waals surface area (Å²) in [6, 6.07) is 16.7. The highest BCUT2D eigenvalue weighted by atomic mass is 19.4. The fraction of sp³-hybridized carbons (Fsp3) is 0.323. The number of rotatable bonds is 8. The number of pyridine rings is 1. The van der Waals surface area contributed by atoms with Crippen LogP contribution in [0.5, 0.6) is 0 Å². The Bertz CT molecular complexity index is 1430. The fourth-order valence-electron chi connectivity index (χ4n) is 5.09. The van der Waals surface area contributed by atoms with Crippen LogP contribution in [0.4, 0.5) is 34.9 Å². The fourth-order valence-corrected chi connectivity index (χ4v) is 5.09. The Morgan fingerprint density at radius 2 is 1.66 bits per heavy atom. The second-order valence-corrected chi connectivity index (χ2v) is 10.5. The van der Waals surface area contributed by atoms with E-state index in [0.717, 1.165) is 55.5 Å². The van der Waals surface area contributed by atoms with Crippen molar-refractivity contribution in [3.63, 3.8) is 0 Å². The molecule has 4 aromatic rings. The van der Waals surface area contributed by atoms with Gasteiger partial charge < -0.3 is 15.1 Å². The van der Waals surface area contributed by atoms with Crippen molar-refractivity contribution in [1.82, 2.24) is 19.9 Å². The third-order valence-corrected chi connectivity index (χ3v) is 7.38. The number of benzene rings is 2. The quantitative estimate of drug-likeness (QED) is 0.226. The van der Waals surface area contributed by atoms with Gasteiger partial charge in [0.2, 0.25) is 5.95 Å². The van der Waals surface area contributed by atoms with Crippen molar-refractivity contribution in [3.8, 4) is 11.3 Å². The zero-order valence-electron chi connectivity index (χ0n) is 22.9. The van der Waals surface area contributed by atoms with Gasteiger partial charge in [0.05, 0.1) is 29.3 Å². The number of likely N-dealkylation sites (tertiary alicyclic amines) is 1. The van der Waals surface area contributed by atoms with Gasteiger partial charge in [-0.2, -0.15) is 13.2 Å². The SMILES string of the molecule is CC(C)N1CCC(N(Cc2ccc(Nc3cncc(F)c3)cc2)c2nccc(-c3ccc(C(F)(F)F)cc3)n2)CC1. The Balaban J connectivity index is 1.39. The van der Waals surface area contributed by atoms with Crippen LogP contribution in [0.1, 0.15) is 37.8 Å². The van der Waals surface area contributed by atoms with Crippen LogP contribution < -0.4 is 10.2 Å². The predicted molar refractivity (Wildman–Crippen MR) is 152 cm³/mol. The number of alkyl halides is 3. The number of hydrogen-bond acceptors (Lipinski definition) is 6. The molecular formula is C31H32F4N6. The minimum atomic E-state index is -4.39. The number of anilines is 3. The molecule has 2 aromatic carbocycles. The molecule has 1 aliphatic heterocycles. The average molecular weight is 565 g/mol. The molecule has 5 rings (SSSR count). The first-order chi connectivity index (χ1) is 19.7. The van der Waals surface area contributed by atoms with E-state index in [0.29, 0.717) is 35.5 Å². The van der Waals surface area contributed by atoms with Gasteiger partial charge >= 0.3 is 6.18 Å². The highest BCUT2D eigenvalue weighted by Gasteiger charge is 2.30. The normalized spacial score (nSPS) is 14.8. The summed E-state index contributed by atoms with van der Waals surface area (Å²) < 4.78 is 52.7. The van der Waals surface area contributed by atoms with Gasteiger partial charge in [-0.1, -0.05) is 24.3 Å². The minimum absolute atomic E-state index is 0.198. The first kappa shape index (κ1) is 28.5. The van der Waals surface area contributed by atoms with Gasteiger partial charge in [0.1, 0.15) is 5.82 Å². The minimum Gasteiger partial charge on any atom is -0.354 e. The van der Waals surface area contributed by atoms with E-state index >= 15 is 0 Å². The van der Waals surface area contributed by atoms with Crippen LogP contribution in [0.25, 0.3) is 11.3 Å². The molecule has 10 heteroatoms. The summed E-state index contributed by atoms with van der Waals surface area (Å²) in [5.74, 6) is 0.128. The molecule has 2 aromatic heterocycles. The Morgan fingerprint density at radius 3 is 2.29 bits per heavy atom. The molecule has 0 amide bonds. The predicted octanol–water partition coefficient (Wildman–Crippen LogP) is 7.32. The molecule has 1 saturated heterocycles. The molecule has 0 spiro atoms. The lowest BCUT2D eigenvalue weighted by Gasteiger charge is -2.40. The van der Waals surface area contributed by atoms with E-state index in [1.54, 1.807) is 18.5 Å². The molecule has 0 radical (unpaired) electrons. The summed E-state index contributed by atoms with van der Waals surface area (Å²) in [5, 5.41) is 3.16. The van der Waals surface area contributed by atoms with E-state index in [2.05, 4.69) is 38.9 Å². The summed E-state index contributed by atoms with van der Waals surface area (Å²) >= 11 is 0. The molecule has 0 aliphatic carbocycles. The van der Waals surface area contributed by atoms with Crippen molar-refractivity contribution in [2.75, 3.05) is 23.3 Å². The van der Waals surface area contributed by atoms with E-state index < -0.39 is 17.6 Å². The maximum Gasteiger partial charge on any atom is 0.416 e. The standard InChI is InChI=1S/C31H32F4N6/c1-21(2)40-15-12-28(13-16-40)41(20-22-3-9-26(10-4-22)38-27-17-25(32)18-36-19-27)30-37-14-11-29(39-30)23-5-7-24(8-6-23)31(33,34)35/h3-11,14,17-19,21,28,38H,12-13,15-16,20H2,1-2H3. The van der Waals surface area contributed by atoms with Crippen LogP contribution in [-0.4, -0.2) is 45.0 Å². The van der Waals surface area contributed by atoms with Crippen LogP contribution in [0.2, 0.25) is 0 Å². The number of hydrogen-bond donors (Lipinski definition) is 1. The molecule has 0 unspecified atom stereocenters.